The SMILES string of the molecule is Nc1ncc(Cl)cc1C(=O)C1(O)CCCCCC1. The summed E-state index contributed by atoms with van der Waals surface area (Å²) in [4.78, 5) is 16.3. The Balaban J connectivity index is 2.31. The first-order valence-corrected chi connectivity index (χ1v) is 6.59. The van der Waals surface area contributed by atoms with E-state index in [2.05, 4.69) is 4.98 Å². The number of hydrogen-bond acceptors (Lipinski definition) is 4. The van der Waals surface area contributed by atoms with Crippen LogP contribution in [0.2, 0.25) is 5.02 Å². The molecule has 1 heterocycles. The first-order chi connectivity index (χ1) is 8.53. The molecule has 3 N–H and O–H groups in total. The molecule has 18 heavy (non-hydrogen) atoms. The second-order valence-corrected chi connectivity index (χ2v) is 5.30. The third-order valence-electron chi connectivity index (χ3n) is 3.48. The Labute approximate surface area is 111 Å². The maximum atomic E-state index is 12.4. The number of halogens is 1. The lowest BCUT2D eigenvalue weighted by Gasteiger charge is -2.25. The monoisotopic (exact) mass is 268 g/mol. The molecule has 2 rings (SSSR count). The number of carbonyl (C=O) groups excluding carboxylic acids is 1. The van der Waals surface area contributed by atoms with Crippen LogP contribution in [0.15, 0.2) is 12.3 Å². The number of pyridine rings is 1. The van der Waals surface area contributed by atoms with Crippen LogP contribution in [0, 0.1) is 0 Å². The molecular formula is C13H17ClN2O2. The Morgan fingerprint density at radius 3 is 2.56 bits per heavy atom. The largest absolute Gasteiger partial charge is 0.383 e. The summed E-state index contributed by atoms with van der Waals surface area (Å²) in [7, 11) is 0. The molecule has 0 unspecified atom stereocenters. The minimum absolute atomic E-state index is 0.127. The van der Waals surface area contributed by atoms with Gasteiger partial charge in [-0.05, 0) is 18.9 Å². The van der Waals surface area contributed by atoms with Crippen molar-refractivity contribution in [3.05, 3.63) is 22.8 Å². The van der Waals surface area contributed by atoms with Crippen molar-refractivity contribution < 1.29 is 9.90 Å². The molecule has 98 valence electrons. The van der Waals surface area contributed by atoms with Crippen LogP contribution < -0.4 is 5.73 Å². The molecule has 0 spiro atoms. The molecule has 1 aliphatic carbocycles. The number of aromatic nitrogens is 1. The first kappa shape index (κ1) is 13.3. The van der Waals surface area contributed by atoms with E-state index in [0.717, 1.165) is 25.7 Å². The van der Waals surface area contributed by atoms with E-state index in [1.54, 1.807) is 0 Å². The van der Waals surface area contributed by atoms with Gasteiger partial charge in [0.05, 0.1) is 10.6 Å². The fourth-order valence-corrected chi connectivity index (χ4v) is 2.58. The summed E-state index contributed by atoms with van der Waals surface area (Å²) in [5.74, 6) is -0.223. The normalized spacial score (nSPS) is 19.2. The van der Waals surface area contributed by atoms with Crippen LogP contribution >= 0.6 is 11.6 Å². The highest BCUT2D eigenvalue weighted by Crippen LogP contribution is 2.31. The molecule has 4 nitrogen and oxygen atoms in total. The maximum Gasteiger partial charge on any atom is 0.198 e. The van der Waals surface area contributed by atoms with Crippen LogP contribution in [0.1, 0.15) is 48.9 Å². The van der Waals surface area contributed by atoms with Gasteiger partial charge in [-0.1, -0.05) is 37.3 Å². The van der Waals surface area contributed by atoms with E-state index in [1.807, 2.05) is 0 Å². The van der Waals surface area contributed by atoms with Gasteiger partial charge in [0.15, 0.2) is 5.78 Å². The molecule has 1 fully saturated rings. The fourth-order valence-electron chi connectivity index (χ4n) is 2.42. The predicted molar refractivity (Wildman–Crippen MR) is 70.6 cm³/mol. The molecule has 0 amide bonds. The summed E-state index contributed by atoms with van der Waals surface area (Å²) in [5, 5.41) is 10.9. The van der Waals surface area contributed by atoms with Crippen LogP contribution in [-0.2, 0) is 0 Å². The third kappa shape index (κ3) is 2.65. The topological polar surface area (TPSA) is 76.2 Å². The first-order valence-electron chi connectivity index (χ1n) is 6.21. The van der Waals surface area contributed by atoms with Crippen molar-refractivity contribution in [1.82, 2.24) is 4.98 Å². The van der Waals surface area contributed by atoms with Crippen molar-refractivity contribution >= 4 is 23.2 Å². The number of nitrogens with two attached hydrogens (primary N) is 1. The predicted octanol–water partition coefficient (Wildman–Crippen LogP) is 2.59. The standard InChI is InChI=1S/C13H17ClN2O2/c14-9-7-10(12(15)16-8-9)11(17)13(18)5-3-1-2-4-6-13/h7-8,18H,1-6H2,(H2,15,16). The molecule has 1 aromatic rings. The number of rotatable bonds is 2. The molecule has 0 saturated heterocycles. The number of Topliss-reactive ketones (excluding diaryl/α,β-unsaturated/α-hetero) is 1. The Morgan fingerprint density at radius 1 is 1.33 bits per heavy atom. The highest BCUT2D eigenvalue weighted by molar-refractivity contribution is 6.31. The van der Waals surface area contributed by atoms with E-state index in [-0.39, 0.29) is 17.2 Å². The van der Waals surface area contributed by atoms with Gasteiger partial charge in [-0.25, -0.2) is 4.98 Å². The van der Waals surface area contributed by atoms with Crippen molar-refractivity contribution in [1.29, 1.82) is 0 Å². The van der Waals surface area contributed by atoms with Gasteiger partial charge in [0, 0.05) is 6.20 Å². The summed E-state index contributed by atoms with van der Waals surface area (Å²) in [6.07, 6.45) is 6.18. The second-order valence-electron chi connectivity index (χ2n) is 4.86. The second kappa shape index (κ2) is 5.24. The molecule has 1 saturated carbocycles. The summed E-state index contributed by atoms with van der Waals surface area (Å²) in [5.41, 5.74) is 4.61. The van der Waals surface area contributed by atoms with E-state index >= 15 is 0 Å². The lowest BCUT2D eigenvalue weighted by atomic mass is 9.86. The van der Waals surface area contributed by atoms with Crippen molar-refractivity contribution in [2.75, 3.05) is 5.73 Å². The van der Waals surface area contributed by atoms with Crippen LogP contribution in [-0.4, -0.2) is 21.5 Å². The van der Waals surface area contributed by atoms with E-state index in [9.17, 15) is 9.90 Å². The highest BCUT2D eigenvalue weighted by Gasteiger charge is 2.37. The van der Waals surface area contributed by atoms with Crippen molar-refractivity contribution in [3.63, 3.8) is 0 Å². The number of carbonyl (C=O) groups is 1. The fraction of sp³-hybridized carbons (Fsp3) is 0.538. The van der Waals surface area contributed by atoms with E-state index < -0.39 is 5.60 Å². The summed E-state index contributed by atoms with van der Waals surface area (Å²) < 4.78 is 0. The van der Waals surface area contributed by atoms with E-state index in [0.29, 0.717) is 17.9 Å². The zero-order valence-corrected chi connectivity index (χ0v) is 10.9. The number of hydrogen-bond donors (Lipinski definition) is 2. The van der Waals surface area contributed by atoms with Crippen LogP contribution in [0.5, 0.6) is 0 Å². The molecule has 0 aromatic carbocycles. The number of ketones is 1. The molecule has 1 aromatic heterocycles. The Hall–Kier alpha value is -1.13. The molecule has 0 aliphatic heterocycles. The minimum Gasteiger partial charge on any atom is -0.383 e. The van der Waals surface area contributed by atoms with Gasteiger partial charge in [0.25, 0.3) is 0 Å². The zero-order valence-electron chi connectivity index (χ0n) is 10.2. The average Bonchev–Trinajstić information content (AvgIpc) is 2.57. The third-order valence-corrected chi connectivity index (χ3v) is 3.69. The van der Waals surface area contributed by atoms with Gasteiger partial charge in [0.2, 0.25) is 0 Å². The molecule has 0 bridgehead atoms. The van der Waals surface area contributed by atoms with E-state index in [1.165, 1.54) is 12.3 Å². The number of anilines is 1. The quantitative estimate of drug-likeness (QED) is 0.638. The lowest BCUT2D eigenvalue weighted by Crippen LogP contribution is -2.38. The van der Waals surface area contributed by atoms with E-state index in [4.69, 9.17) is 17.3 Å². The van der Waals surface area contributed by atoms with Crippen LogP contribution in [0.3, 0.4) is 0 Å². The number of aliphatic hydroxyl groups is 1. The van der Waals surface area contributed by atoms with Gasteiger partial charge in [-0.2, -0.15) is 0 Å². The van der Waals surface area contributed by atoms with Gasteiger partial charge in [0.1, 0.15) is 11.4 Å². The maximum absolute atomic E-state index is 12.4. The minimum atomic E-state index is -1.31. The summed E-state index contributed by atoms with van der Waals surface area (Å²) in [6, 6.07) is 1.48. The molecule has 5 heteroatoms. The van der Waals surface area contributed by atoms with Gasteiger partial charge in [-0.3, -0.25) is 4.79 Å². The highest BCUT2D eigenvalue weighted by atomic mass is 35.5. The van der Waals surface area contributed by atoms with Crippen molar-refractivity contribution in [2.24, 2.45) is 0 Å². The van der Waals surface area contributed by atoms with Crippen LogP contribution in [0.4, 0.5) is 5.82 Å². The molecule has 0 atom stereocenters. The Kier molecular flexibility index (Phi) is 3.88. The lowest BCUT2D eigenvalue weighted by molar-refractivity contribution is 0.0238. The van der Waals surface area contributed by atoms with Crippen molar-refractivity contribution in [2.45, 2.75) is 44.1 Å². The van der Waals surface area contributed by atoms with Crippen molar-refractivity contribution in [3.8, 4) is 0 Å². The number of nitrogens with zero attached hydrogens (tertiary/aromatic N) is 1. The van der Waals surface area contributed by atoms with Gasteiger partial charge < -0.3 is 10.8 Å². The van der Waals surface area contributed by atoms with Gasteiger partial charge >= 0.3 is 0 Å². The molecule has 0 radical (unpaired) electrons. The Morgan fingerprint density at radius 2 is 1.94 bits per heavy atom. The summed E-state index contributed by atoms with van der Waals surface area (Å²) >= 11 is 5.83. The van der Waals surface area contributed by atoms with Gasteiger partial charge in [-0.15, -0.1) is 0 Å². The zero-order chi connectivity index (χ0) is 13.2. The molecular weight excluding hydrogens is 252 g/mol. The van der Waals surface area contributed by atoms with Crippen LogP contribution in [0.25, 0.3) is 0 Å². The number of nitrogen functional groups attached to an aromatic ring is 1. The summed E-state index contributed by atoms with van der Waals surface area (Å²) in [6.45, 7) is 0. The Bertz CT molecular complexity index is 454. The smallest absolute Gasteiger partial charge is 0.198 e. The molecule has 1 aliphatic rings. The average molecular weight is 269 g/mol.